The fourth-order valence-electron chi connectivity index (χ4n) is 1.17. The number of carboxylic acid groups (broad SMARTS) is 1. The van der Waals surface area contributed by atoms with Gasteiger partial charge in [-0.3, -0.25) is 0 Å². The third-order valence-corrected chi connectivity index (χ3v) is 2.93. The number of aromatic nitrogens is 1. The summed E-state index contributed by atoms with van der Waals surface area (Å²) in [5.74, 6) is -0.707. The molecular formula is C11H15ClN2O3. The lowest BCUT2D eigenvalue weighted by Crippen LogP contribution is -2.38. The van der Waals surface area contributed by atoms with E-state index < -0.39 is 11.5 Å². The van der Waals surface area contributed by atoms with E-state index in [2.05, 4.69) is 10.3 Å². The van der Waals surface area contributed by atoms with Crippen molar-refractivity contribution in [3.05, 3.63) is 22.8 Å². The lowest BCUT2D eigenvalue weighted by molar-refractivity contribution is 0.0696. The Kier molecular flexibility index (Phi) is 4.31. The van der Waals surface area contributed by atoms with Crippen LogP contribution in [0.15, 0.2) is 12.3 Å². The van der Waals surface area contributed by atoms with Gasteiger partial charge in [0.15, 0.2) is 0 Å². The first-order valence-corrected chi connectivity index (χ1v) is 5.57. The van der Waals surface area contributed by atoms with Crippen LogP contribution in [0.3, 0.4) is 0 Å². The smallest absolute Gasteiger partial charge is 0.337 e. The maximum atomic E-state index is 10.7. The van der Waals surface area contributed by atoms with Crippen molar-refractivity contribution in [2.45, 2.75) is 25.8 Å². The number of hydrogen-bond acceptors (Lipinski definition) is 4. The highest BCUT2D eigenvalue weighted by atomic mass is 35.5. The highest BCUT2D eigenvalue weighted by molar-refractivity contribution is 6.33. The summed E-state index contributed by atoms with van der Waals surface area (Å²) in [6.45, 7) is 3.68. The van der Waals surface area contributed by atoms with Crippen molar-refractivity contribution in [3.8, 4) is 0 Å². The Hall–Kier alpha value is -1.33. The van der Waals surface area contributed by atoms with Crippen LogP contribution in [0.1, 0.15) is 30.6 Å². The van der Waals surface area contributed by atoms with Crippen molar-refractivity contribution in [2.24, 2.45) is 0 Å². The van der Waals surface area contributed by atoms with E-state index in [1.165, 1.54) is 12.3 Å². The second-order valence-electron chi connectivity index (χ2n) is 4.06. The van der Waals surface area contributed by atoms with E-state index in [1.807, 2.05) is 13.8 Å². The minimum atomic E-state index is -1.08. The number of pyridine rings is 1. The van der Waals surface area contributed by atoms with E-state index >= 15 is 0 Å². The summed E-state index contributed by atoms with van der Waals surface area (Å²) in [5.41, 5.74) is -0.496. The van der Waals surface area contributed by atoms with E-state index in [4.69, 9.17) is 16.7 Å². The van der Waals surface area contributed by atoms with Gasteiger partial charge in [0.2, 0.25) is 0 Å². The molecule has 0 radical (unpaired) electrons. The lowest BCUT2D eigenvalue weighted by Gasteiger charge is -2.28. The molecule has 0 aliphatic heterocycles. The van der Waals surface area contributed by atoms with Crippen molar-refractivity contribution in [2.75, 3.05) is 11.9 Å². The molecule has 17 heavy (non-hydrogen) atoms. The number of carboxylic acids is 1. The molecule has 0 saturated heterocycles. The molecule has 1 aromatic rings. The number of halogens is 1. The van der Waals surface area contributed by atoms with Gasteiger partial charge < -0.3 is 15.5 Å². The molecular weight excluding hydrogens is 244 g/mol. The van der Waals surface area contributed by atoms with Gasteiger partial charge in [0.25, 0.3) is 0 Å². The number of aliphatic hydroxyl groups is 1. The summed E-state index contributed by atoms with van der Waals surface area (Å²) >= 11 is 5.92. The van der Waals surface area contributed by atoms with Crippen LogP contribution in [-0.2, 0) is 0 Å². The van der Waals surface area contributed by atoms with Crippen molar-refractivity contribution in [3.63, 3.8) is 0 Å². The average molecular weight is 259 g/mol. The second kappa shape index (κ2) is 5.33. The Morgan fingerprint density at radius 2 is 2.29 bits per heavy atom. The summed E-state index contributed by atoms with van der Waals surface area (Å²) < 4.78 is 0. The molecule has 1 atom stereocenters. The predicted molar refractivity (Wildman–Crippen MR) is 65.6 cm³/mol. The highest BCUT2D eigenvalue weighted by Gasteiger charge is 2.22. The SMILES string of the molecule is CCC(C)(CO)Nc1ncc(C(=O)O)cc1Cl. The Morgan fingerprint density at radius 3 is 2.71 bits per heavy atom. The molecule has 1 unspecified atom stereocenters. The van der Waals surface area contributed by atoms with Crippen LogP contribution in [0.2, 0.25) is 5.02 Å². The van der Waals surface area contributed by atoms with Gasteiger partial charge in [-0.1, -0.05) is 18.5 Å². The molecule has 5 nitrogen and oxygen atoms in total. The van der Waals surface area contributed by atoms with Gasteiger partial charge >= 0.3 is 5.97 Å². The van der Waals surface area contributed by atoms with Crippen molar-refractivity contribution in [1.29, 1.82) is 0 Å². The summed E-state index contributed by atoms with van der Waals surface area (Å²) in [7, 11) is 0. The molecule has 1 heterocycles. The summed E-state index contributed by atoms with van der Waals surface area (Å²) in [4.78, 5) is 14.6. The summed E-state index contributed by atoms with van der Waals surface area (Å²) in [6, 6.07) is 1.33. The minimum absolute atomic E-state index is 0.0303. The standard InChI is InChI=1S/C11H15ClN2O3/c1-3-11(2,6-15)14-9-8(12)4-7(5-13-9)10(16)17/h4-5,15H,3,6H2,1-2H3,(H,13,14)(H,16,17). The molecule has 3 N–H and O–H groups in total. The van der Waals surface area contributed by atoms with E-state index in [0.29, 0.717) is 12.2 Å². The van der Waals surface area contributed by atoms with Crippen molar-refractivity contribution < 1.29 is 15.0 Å². The van der Waals surface area contributed by atoms with Gasteiger partial charge in [-0.25, -0.2) is 9.78 Å². The van der Waals surface area contributed by atoms with Crippen molar-refractivity contribution >= 4 is 23.4 Å². The molecule has 0 bridgehead atoms. The van der Waals surface area contributed by atoms with E-state index in [0.717, 1.165) is 0 Å². The van der Waals surface area contributed by atoms with E-state index in [1.54, 1.807) is 0 Å². The Bertz CT molecular complexity index is 419. The second-order valence-corrected chi connectivity index (χ2v) is 4.46. The number of aliphatic hydroxyl groups excluding tert-OH is 1. The zero-order chi connectivity index (χ0) is 13.1. The number of carbonyl (C=O) groups is 1. The first kappa shape index (κ1) is 13.7. The van der Waals surface area contributed by atoms with Crippen LogP contribution in [-0.4, -0.2) is 33.3 Å². The first-order chi connectivity index (χ1) is 7.91. The van der Waals surface area contributed by atoms with Gasteiger partial charge in [-0.15, -0.1) is 0 Å². The van der Waals surface area contributed by atoms with Crippen LogP contribution in [0.25, 0.3) is 0 Å². The van der Waals surface area contributed by atoms with Gasteiger partial charge in [0, 0.05) is 6.20 Å². The monoisotopic (exact) mass is 258 g/mol. The van der Waals surface area contributed by atoms with E-state index in [-0.39, 0.29) is 17.2 Å². The molecule has 6 heteroatoms. The van der Waals surface area contributed by atoms with Crippen LogP contribution < -0.4 is 5.32 Å². The van der Waals surface area contributed by atoms with Crippen LogP contribution >= 0.6 is 11.6 Å². The molecule has 94 valence electrons. The predicted octanol–water partition coefficient (Wildman–Crippen LogP) is 2.01. The van der Waals surface area contributed by atoms with Crippen LogP contribution in [0.5, 0.6) is 0 Å². The average Bonchev–Trinajstić information content (AvgIpc) is 2.31. The number of nitrogens with one attached hydrogen (secondary N) is 1. The fourth-order valence-corrected chi connectivity index (χ4v) is 1.39. The zero-order valence-electron chi connectivity index (χ0n) is 9.70. The molecule has 0 aromatic carbocycles. The summed E-state index contributed by atoms with van der Waals surface area (Å²) in [5, 5.41) is 21.2. The number of nitrogens with zero attached hydrogens (tertiary/aromatic N) is 1. The molecule has 0 aliphatic carbocycles. The van der Waals surface area contributed by atoms with Crippen molar-refractivity contribution in [1.82, 2.24) is 4.98 Å². The molecule has 0 fully saturated rings. The largest absolute Gasteiger partial charge is 0.478 e. The summed E-state index contributed by atoms with van der Waals surface area (Å²) in [6.07, 6.45) is 1.91. The third kappa shape index (κ3) is 3.31. The lowest BCUT2D eigenvalue weighted by atomic mass is 10.0. The Labute approximate surface area is 104 Å². The first-order valence-electron chi connectivity index (χ1n) is 5.19. The fraction of sp³-hybridized carbons (Fsp3) is 0.455. The van der Waals surface area contributed by atoms with Gasteiger partial charge in [-0.05, 0) is 19.4 Å². The minimum Gasteiger partial charge on any atom is -0.478 e. The topological polar surface area (TPSA) is 82.5 Å². The maximum Gasteiger partial charge on any atom is 0.337 e. The van der Waals surface area contributed by atoms with E-state index in [9.17, 15) is 9.90 Å². The van der Waals surface area contributed by atoms with Gasteiger partial charge in [0.1, 0.15) is 5.82 Å². The van der Waals surface area contributed by atoms with Crippen LogP contribution in [0.4, 0.5) is 5.82 Å². The number of anilines is 1. The molecule has 0 saturated carbocycles. The zero-order valence-corrected chi connectivity index (χ0v) is 10.5. The highest BCUT2D eigenvalue weighted by Crippen LogP contribution is 2.24. The normalized spacial score (nSPS) is 14.1. The molecule has 0 spiro atoms. The molecule has 0 amide bonds. The molecule has 0 aliphatic rings. The Balaban J connectivity index is 2.97. The number of hydrogen-bond donors (Lipinski definition) is 3. The molecule has 1 aromatic heterocycles. The number of aromatic carboxylic acids is 1. The maximum absolute atomic E-state index is 10.7. The quantitative estimate of drug-likeness (QED) is 0.753. The molecule has 1 rings (SSSR count). The van der Waals surface area contributed by atoms with Crippen LogP contribution in [0, 0.1) is 0 Å². The third-order valence-electron chi connectivity index (χ3n) is 2.64. The number of rotatable bonds is 5. The Morgan fingerprint density at radius 1 is 1.65 bits per heavy atom. The van der Waals surface area contributed by atoms with Gasteiger partial charge in [0.05, 0.1) is 22.7 Å². The van der Waals surface area contributed by atoms with Gasteiger partial charge in [-0.2, -0.15) is 0 Å².